The molecule has 2 rings (SSSR count). The lowest BCUT2D eigenvalue weighted by molar-refractivity contribution is -0.114. The molecule has 0 atom stereocenters. The molecule has 104 valence electrons. The summed E-state index contributed by atoms with van der Waals surface area (Å²) in [6.45, 7) is 4.96. The van der Waals surface area contributed by atoms with Gasteiger partial charge >= 0.3 is 0 Å². The summed E-state index contributed by atoms with van der Waals surface area (Å²) in [6.07, 6.45) is 0. The minimum atomic E-state index is -0.170. The van der Waals surface area contributed by atoms with Crippen molar-refractivity contribution in [2.45, 2.75) is 20.8 Å². The van der Waals surface area contributed by atoms with E-state index < -0.39 is 0 Å². The topological polar surface area (TPSA) is 90.1 Å². The Bertz CT molecular complexity index is 656. The van der Waals surface area contributed by atoms with Gasteiger partial charge in [-0.05, 0) is 26.0 Å². The van der Waals surface area contributed by atoms with Gasteiger partial charge in [-0.1, -0.05) is 12.1 Å². The van der Waals surface area contributed by atoms with E-state index in [0.29, 0.717) is 34.5 Å². The van der Waals surface area contributed by atoms with E-state index >= 15 is 0 Å². The van der Waals surface area contributed by atoms with Gasteiger partial charge in [-0.15, -0.1) is 0 Å². The average molecular weight is 272 g/mol. The molecule has 0 bridgehead atoms. The molecule has 3 N–H and O–H groups in total. The molecule has 0 saturated heterocycles. The standard InChI is InChI=1S/C14H16N4O2/c1-8-13(15)16-9(2)17-14(8)20-12-7-5-4-6-11(12)18-10(3)19/h4-7H,1-3H3,(H,18,19)(H2,15,16,17). The summed E-state index contributed by atoms with van der Waals surface area (Å²) >= 11 is 0. The number of nitrogens with one attached hydrogen (secondary N) is 1. The summed E-state index contributed by atoms with van der Waals surface area (Å²) in [5, 5.41) is 2.70. The molecule has 20 heavy (non-hydrogen) atoms. The zero-order chi connectivity index (χ0) is 14.7. The molecular formula is C14H16N4O2. The molecule has 0 aliphatic carbocycles. The fraction of sp³-hybridized carbons (Fsp3) is 0.214. The molecule has 0 spiro atoms. The molecule has 0 unspecified atom stereocenters. The molecule has 2 aromatic rings. The molecule has 0 aliphatic heterocycles. The smallest absolute Gasteiger partial charge is 0.227 e. The molecule has 1 heterocycles. The van der Waals surface area contributed by atoms with Crippen LogP contribution in [0.15, 0.2) is 24.3 Å². The number of nitrogens with two attached hydrogens (primary N) is 1. The average Bonchev–Trinajstić information content (AvgIpc) is 2.37. The monoisotopic (exact) mass is 272 g/mol. The van der Waals surface area contributed by atoms with Gasteiger partial charge in [-0.2, -0.15) is 4.98 Å². The Morgan fingerprint density at radius 1 is 1.25 bits per heavy atom. The summed E-state index contributed by atoms with van der Waals surface area (Å²) in [4.78, 5) is 19.5. The van der Waals surface area contributed by atoms with Crippen LogP contribution in [0, 0.1) is 13.8 Å². The quantitative estimate of drug-likeness (QED) is 0.895. The Balaban J connectivity index is 2.37. The highest BCUT2D eigenvalue weighted by Gasteiger charge is 2.11. The first-order chi connectivity index (χ1) is 9.47. The Kier molecular flexibility index (Phi) is 3.84. The van der Waals surface area contributed by atoms with Crippen molar-refractivity contribution in [2.75, 3.05) is 11.1 Å². The van der Waals surface area contributed by atoms with E-state index in [9.17, 15) is 4.79 Å². The zero-order valence-electron chi connectivity index (χ0n) is 11.6. The second-order valence-corrected chi connectivity index (χ2v) is 4.37. The number of ether oxygens (including phenoxy) is 1. The van der Waals surface area contributed by atoms with Gasteiger partial charge in [0.25, 0.3) is 0 Å². The van der Waals surface area contributed by atoms with Crippen molar-refractivity contribution in [3.05, 3.63) is 35.7 Å². The number of benzene rings is 1. The summed E-state index contributed by atoms with van der Waals surface area (Å²) < 4.78 is 5.76. The number of anilines is 2. The maximum Gasteiger partial charge on any atom is 0.227 e. The van der Waals surface area contributed by atoms with Crippen LogP contribution in [0.5, 0.6) is 11.6 Å². The third kappa shape index (κ3) is 3.03. The normalized spacial score (nSPS) is 10.2. The summed E-state index contributed by atoms with van der Waals surface area (Å²) in [5.74, 6) is 1.62. The second kappa shape index (κ2) is 5.56. The molecule has 0 fully saturated rings. The van der Waals surface area contributed by atoms with Crippen molar-refractivity contribution in [1.82, 2.24) is 9.97 Å². The first kappa shape index (κ1) is 13.8. The number of amides is 1. The number of hydrogen-bond acceptors (Lipinski definition) is 5. The fourth-order valence-electron chi connectivity index (χ4n) is 1.68. The predicted molar refractivity (Wildman–Crippen MR) is 76.7 cm³/mol. The van der Waals surface area contributed by atoms with Crippen LogP contribution in [0.25, 0.3) is 0 Å². The van der Waals surface area contributed by atoms with Gasteiger partial charge in [0.15, 0.2) is 5.75 Å². The first-order valence-corrected chi connectivity index (χ1v) is 6.12. The number of carbonyl (C=O) groups excluding carboxylic acids is 1. The second-order valence-electron chi connectivity index (χ2n) is 4.37. The molecule has 6 heteroatoms. The lowest BCUT2D eigenvalue weighted by Crippen LogP contribution is -2.08. The van der Waals surface area contributed by atoms with Crippen LogP contribution in [0.4, 0.5) is 11.5 Å². The summed E-state index contributed by atoms with van der Waals surface area (Å²) in [5.41, 5.74) is 7.03. The molecular weight excluding hydrogens is 256 g/mol. The van der Waals surface area contributed by atoms with Crippen molar-refractivity contribution < 1.29 is 9.53 Å². The van der Waals surface area contributed by atoms with Crippen LogP contribution in [0.1, 0.15) is 18.3 Å². The Hall–Kier alpha value is -2.63. The predicted octanol–water partition coefficient (Wildman–Crippen LogP) is 2.43. The van der Waals surface area contributed by atoms with Crippen molar-refractivity contribution in [1.29, 1.82) is 0 Å². The number of aromatic nitrogens is 2. The number of carbonyl (C=O) groups is 1. The maximum atomic E-state index is 11.2. The number of para-hydroxylation sites is 2. The van der Waals surface area contributed by atoms with Gasteiger partial charge in [0.05, 0.1) is 11.3 Å². The van der Waals surface area contributed by atoms with E-state index in [0.717, 1.165) is 0 Å². The van der Waals surface area contributed by atoms with E-state index in [4.69, 9.17) is 10.5 Å². The van der Waals surface area contributed by atoms with Gasteiger partial charge < -0.3 is 15.8 Å². The Morgan fingerprint density at radius 3 is 2.65 bits per heavy atom. The van der Waals surface area contributed by atoms with Crippen LogP contribution in [0.2, 0.25) is 0 Å². The number of rotatable bonds is 3. The Morgan fingerprint density at radius 2 is 1.95 bits per heavy atom. The third-order valence-electron chi connectivity index (χ3n) is 2.66. The lowest BCUT2D eigenvalue weighted by Gasteiger charge is -2.13. The maximum absolute atomic E-state index is 11.2. The number of nitrogen functional groups attached to an aromatic ring is 1. The lowest BCUT2D eigenvalue weighted by atomic mass is 10.3. The van der Waals surface area contributed by atoms with Crippen molar-refractivity contribution in [3.8, 4) is 11.6 Å². The third-order valence-corrected chi connectivity index (χ3v) is 2.66. The Labute approximate surface area is 117 Å². The fourth-order valence-corrected chi connectivity index (χ4v) is 1.68. The van der Waals surface area contributed by atoms with Gasteiger partial charge in [-0.25, -0.2) is 4.98 Å². The molecule has 1 amide bonds. The molecule has 0 radical (unpaired) electrons. The highest BCUT2D eigenvalue weighted by molar-refractivity contribution is 5.90. The highest BCUT2D eigenvalue weighted by atomic mass is 16.5. The molecule has 6 nitrogen and oxygen atoms in total. The van der Waals surface area contributed by atoms with Crippen LogP contribution in [-0.2, 0) is 4.79 Å². The summed E-state index contributed by atoms with van der Waals surface area (Å²) in [7, 11) is 0. The first-order valence-electron chi connectivity index (χ1n) is 6.12. The van der Waals surface area contributed by atoms with Gasteiger partial charge in [0, 0.05) is 6.92 Å². The highest BCUT2D eigenvalue weighted by Crippen LogP contribution is 2.31. The van der Waals surface area contributed by atoms with Crippen LogP contribution in [0.3, 0.4) is 0 Å². The van der Waals surface area contributed by atoms with E-state index in [1.807, 2.05) is 12.1 Å². The van der Waals surface area contributed by atoms with E-state index in [1.54, 1.807) is 26.0 Å². The van der Waals surface area contributed by atoms with Gasteiger partial charge in [-0.3, -0.25) is 4.79 Å². The van der Waals surface area contributed by atoms with E-state index in [2.05, 4.69) is 15.3 Å². The van der Waals surface area contributed by atoms with Gasteiger partial charge in [0.1, 0.15) is 11.6 Å². The minimum absolute atomic E-state index is 0.170. The van der Waals surface area contributed by atoms with Crippen molar-refractivity contribution >= 4 is 17.4 Å². The molecule has 1 aromatic heterocycles. The molecule has 1 aromatic carbocycles. The SMILES string of the molecule is CC(=O)Nc1ccccc1Oc1nc(C)nc(N)c1C. The summed E-state index contributed by atoms with van der Waals surface area (Å²) in [6, 6.07) is 7.12. The number of nitrogens with zero attached hydrogens (tertiary/aromatic N) is 2. The minimum Gasteiger partial charge on any atom is -0.436 e. The van der Waals surface area contributed by atoms with Crippen LogP contribution in [-0.4, -0.2) is 15.9 Å². The number of hydrogen-bond donors (Lipinski definition) is 2. The van der Waals surface area contributed by atoms with E-state index in [-0.39, 0.29) is 5.91 Å². The molecule has 0 saturated carbocycles. The van der Waals surface area contributed by atoms with E-state index in [1.165, 1.54) is 6.92 Å². The van der Waals surface area contributed by atoms with Crippen LogP contribution >= 0.6 is 0 Å². The number of aryl methyl sites for hydroxylation is 1. The van der Waals surface area contributed by atoms with Gasteiger partial charge in [0.2, 0.25) is 11.8 Å². The van der Waals surface area contributed by atoms with Crippen molar-refractivity contribution in [3.63, 3.8) is 0 Å². The zero-order valence-corrected chi connectivity index (χ0v) is 11.6. The van der Waals surface area contributed by atoms with Crippen molar-refractivity contribution in [2.24, 2.45) is 0 Å². The largest absolute Gasteiger partial charge is 0.436 e. The van der Waals surface area contributed by atoms with Crippen LogP contribution < -0.4 is 15.8 Å². The molecule has 0 aliphatic rings.